The first-order valence-corrected chi connectivity index (χ1v) is 11.7. The summed E-state index contributed by atoms with van der Waals surface area (Å²) in [6, 6.07) is 7.58. The molecule has 0 spiro atoms. The minimum absolute atomic E-state index is 0.0132. The number of piperazine rings is 1. The van der Waals surface area contributed by atoms with Crippen LogP contribution >= 0.6 is 0 Å². The molecular weight excluding hydrogens is 404 g/mol. The van der Waals surface area contributed by atoms with Crippen molar-refractivity contribution in [3.63, 3.8) is 0 Å². The number of rotatable bonds is 9. The second kappa shape index (κ2) is 11.0. The number of pyridine rings is 1. The maximum atomic E-state index is 12.7. The van der Waals surface area contributed by atoms with Crippen LogP contribution in [0.15, 0.2) is 29.1 Å². The van der Waals surface area contributed by atoms with Crippen LogP contribution in [0.2, 0.25) is 0 Å². The van der Waals surface area contributed by atoms with E-state index in [9.17, 15) is 9.59 Å². The number of fused-ring (bicyclic) bond motifs is 1. The van der Waals surface area contributed by atoms with Gasteiger partial charge in [0.25, 0.3) is 11.5 Å². The summed E-state index contributed by atoms with van der Waals surface area (Å²) < 4.78 is 7.69. The van der Waals surface area contributed by atoms with E-state index in [4.69, 9.17) is 4.74 Å². The van der Waals surface area contributed by atoms with Crippen molar-refractivity contribution in [3.05, 3.63) is 40.2 Å². The lowest BCUT2D eigenvalue weighted by Gasteiger charge is -2.35. The summed E-state index contributed by atoms with van der Waals surface area (Å²) in [5.41, 5.74) is 1.94. The minimum Gasteiger partial charge on any atom is -0.484 e. The van der Waals surface area contributed by atoms with Crippen LogP contribution in [0, 0.1) is 0 Å². The summed E-state index contributed by atoms with van der Waals surface area (Å²) in [5, 5.41) is 1.07. The van der Waals surface area contributed by atoms with Crippen LogP contribution < -0.4 is 10.3 Å². The first-order valence-electron chi connectivity index (χ1n) is 11.7. The number of ether oxygens (including phenoxy) is 1. The predicted octanol–water partition coefficient (Wildman–Crippen LogP) is 2.62. The van der Waals surface area contributed by atoms with Gasteiger partial charge in [0, 0.05) is 63.3 Å². The third-order valence-electron chi connectivity index (χ3n) is 6.14. The van der Waals surface area contributed by atoms with E-state index in [1.807, 2.05) is 27.7 Å². The van der Waals surface area contributed by atoms with E-state index >= 15 is 0 Å². The van der Waals surface area contributed by atoms with Crippen LogP contribution in [0.1, 0.15) is 38.7 Å². The number of benzene rings is 1. The van der Waals surface area contributed by atoms with Gasteiger partial charge in [-0.2, -0.15) is 0 Å². The van der Waals surface area contributed by atoms with Crippen molar-refractivity contribution in [2.24, 2.45) is 0 Å². The van der Waals surface area contributed by atoms with E-state index in [0.717, 1.165) is 62.2 Å². The molecule has 176 valence electrons. The lowest BCUT2D eigenvalue weighted by molar-refractivity contribution is -0.135. The molecule has 1 amide bonds. The highest BCUT2D eigenvalue weighted by atomic mass is 16.5. The van der Waals surface area contributed by atoms with Gasteiger partial charge < -0.3 is 19.1 Å². The molecule has 1 aliphatic rings. The number of likely N-dealkylation sites (N-methyl/N-ethyl adjacent to an activating group) is 1. The smallest absolute Gasteiger partial charge is 0.260 e. The summed E-state index contributed by atoms with van der Waals surface area (Å²) in [6.45, 7) is 12.3. The molecular formula is C25H38N4O3. The average Bonchev–Trinajstić information content (AvgIpc) is 2.77. The van der Waals surface area contributed by atoms with Crippen molar-refractivity contribution in [1.29, 1.82) is 0 Å². The fourth-order valence-electron chi connectivity index (χ4n) is 4.21. The number of carbonyl (C=O) groups is 1. The molecule has 2 heterocycles. The summed E-state index contributed by atoms with van der Waals surface area (Å²) in [6.07, 6.45) is 0.875. The largest absolute Gasteiger partial charge is 0.484 e. The molecule has 32 heavy (non-hydrogen) atoms. The van der Waals surface area contributed by atoms with Gasteiger partial charge in [0.2, 0.25) is 0 Å². The Bertz CT molecular complexity index is 975. The molecule has 0 aliphatic carbocycles. The maximum absolute atomic E-state index is 12.7. The van der Waals surface area contributed by atoms with Gasteiger partial charge in [0.15, 0.2) is 6.61 Å². The number of hydrogen-bond donors (Lipinski definition) is 0. The molecule has 0 atom stereocenters. The van der Waals surface area contributed by atoms with E-state index in [2.05, 4.69) is 44.7 Å². The summed E-state index contributed by atoms with van der Waals surface area (Å²) in [7, 11) is 4.16. The quantitative estimate of drug-likeness (QED) is 0.598. The van der Waals surface area contributed by atoms with Crippen molar-refractivity contribution in [2.45, 2.75) is 39.7 Å². The third kappa shape index (κ3) is 5.90. The van der Waals surface area contributed by atoms with Gasteiger partial charge >= 0.3 is 0 Å². The Labute approximate surface area is 191 Å². The molecule has 1 saturated heterocycles. The highest BCUT2D eigenvalue weighted by Gasteiger charge is 2.21. The molecule has 1 aromatic heterocycles. The van der Waals surface area contributed by atoms with E-state index in [1.54, 1.807) is 6.07 Å². The van der Waals surface area contributed by atoms with Crippen LogP contribution in [0.25, 0.3) is 10.9 Å². The normalized spacial score (nSPS) is 15.2. The Morgan fingerprint density at radius 2 is 1.81 bits per heavy atom. The Balaban J connectivity index is 1.67. The van der Waals surface area contributed by atoms with E-state index in [-0.39, 0.29) is 24.0 Å². The maximum Gasteiger partial charge on any atom is 0.260 e. The average molecular weight is 443 g/mol. The number of amides is 1. The monoisotopic (exact) mass is 442 g/mol. The van der Waals surface area contributed by atoms with Gasteiger partial charge in [-0.15, -0.1) is 0 Å². The van der Waals surface area contributed by atoms with Gasteiger partial charge in [0.1, 0.15) is 5.75 Å². The molecule has 0 N–H and O–H groups in total. The Morgan fingerprint density at radius 3 is 2.44 bits per heavy atom. The fraction of sp³-hybridized carbons (Fsp3) is 0.600. The lowest BCUT2D eigenvalue weighted by Crippen LogP contribution is -2.51. The molecule has 7 nitrogen and oxygen atoms in total. The van der Waals surface area contributed by atoms with E-state index < -0.39 is 0 Å². The SMILES string of the molecule is CCCn1c(=O)cc(C(C)C)c2ccc(OCC(=O)N3CCN(CCN(C)C)CC3)cc21. The van der Waals surface area contributed by atoms with Crippen molar-refractivity contribution in [2.75, 3.05) is 60.0 Å². The minimum atomic E-state index is 0.0132. The molecule has 1 fully saturated rings. The van der Waals surface area contributed by atoms with E-state index in [1.165, 1.54) is 0 Å². The fourth-order valence-corrected chi connectivity index (χ4v) is 4.21. The second-order valence-electron chi connectivity index (χ2n) is 9.24. The van der Waals surface area contributed by atoms with Crippen LogP contribution in [0.5, 0.6) is 5.75 Å². The molecule has 0 bridgehead atoms. The Kier molecular flexibility index (Phi) is 8.32. The molecule has 3 rings (SSSR count). The van der Waals surface area contributed by atoms with E-state index in [0.29, 0.717) is 12.3 Å². The number of aromatic nitrogens is 1. The van der Waals surface area contributed by atoms with Gasteiger partial charge in [-0.3, -0.25) is 14.5 Å². The zero-order valence-electron chi connectivity index (χ0n) is 20.3. The molecule has 0 radical (unpaired) electrons. The number of carbonyl (C=O) groups excluding carboxylic acids is 1. The topological polar surface area (TPSA) is 58.0 Å². The molecule has 0 saturated carbocycles. The summed E-state index contributed by atoms with van der Waals surface area (Å²) >= 11 is 0. The van der Waals surface area contributed by atoms with Gasteiger partial charge in [-0.25, -0.2) is 0 Å². The van der Waals surface area contributed by atoms with Crippen molar-refractivity contribution >= 4 is 16.8 Å². The molecule has 2 aromatic rings. The van der Waals surface area contributed by atoms with Crippen LogP contribution in [0.3, 0.4) is 0 Å². The van der Waals surface area contributed by atoms with Crippen molar-refractivity contribution < 1.29 is 9.53 Å². The predicted molar refractivity (Wildman–Crippen MR) is 130 cm³/mol. The summed E-state index contributed by atoms with van der Waals surface area (Å²) in [4.78, 5) is 31.9. The van der Waals surface area contributed by atoms with Gasteiger partial charge in [0.05, 0.1) is 5.52 Å². The first-order chi connectivity index (χ1) is 15.3. The second-order valence-corrected chi connectivity index (χ2v) is 9.24. The Hall–Kier alpha value is -2.38. The zero-order chi connectivity index (χ0) is 23.3. The van der Waals surface area contributed by atoms with Crippen molar-refractivity contribution in [1.82, 2.24) is 19.3 Å². The standard InChI is InChI=1S/C25H38N4O3/c1-6-9-29-23-16-20(7-8-21(23)22(19(2)3)17-24(29)30)32-18-25(31)28-14-12-27(13-15-28)11-10-26(4)5/h7-8,16-17,19H,6,9-15,18H2,1-5H3. The summed E-state index contributed by atoms with van der Waals surface area (Å²) in [5.74, 6) is 0.895. The molecule has 7 heteroatoms. The number of nitrogens with zero attached hydrogens (tertiary/aromatic N) is 4. The van der Waals surface area contributed by atoms with Gasteiger partial charge in [-0.1, -0.05) is 20.8 Å². The first kappa shape index (κ1) is 24.3. The van der Waals surface area contributed by atoms with Crippen LogP contribution in [-0.4, -0.2) is 85.1 Å². The zero-order valence-corrected chi connectivity index (χ0v) is 20.3. The van der Waals surface area contributed by atoms with Crippen LogP contribution in [-0.2, 0) is 11.3 Å². The third-order valence-corrected chi connectivity index (χ3v) is 6.14. The Morgan fingerprint density at radius 1 is 1.09 bits per heavy atom. The molecule has 1 aromatic carbocycles. The number of hydrogen-bond acceptors (Lipinski definition) is 5. The van der Waals surface area contributed by atoms with Crippen molar-refractivity contribution in [3.8, 4) is 5.75 Å². The number of aryl methyl sites for hydroxylation is 1. The van der Waals surface area contributed by atoms with Gasteiger partial charge in [-0.05, 0) is 44.1 Å². The highest BCUT2D eigenvalue weighted by molar-refractivity contribution is 5.84. The van der Waals surface area contributed by atoms with Crippen LogP contribution in [0.4, 0.5) is 0 Å². The highest BCUT2D eigenvalue weighted by Crippen LogP contribution is 2.27. The molecule has 0 unspecified atom stereocenters. The molecule has 1 aliphatic heterocycles. The lowest BCUT2D eigenvalue weighted by atomic mass is 9.98.